The smallest absolute Gasteiger partial charge is 0.451 e. The molecule has 2 aromatic heterocycles. The van der Waals surface area contributed by atoms with E-state index in [-0.39, 0.29) is 21.5 Å². The molecule has 0 aliphatic carbocycles. The van der Waals surface area contributed by atoms with Crippen LogP contribution < -0.4 is 10.5 Å². The number of fused-ring (bicyclic) bond motifs is 1. The largest absolute Gasteiger partial charge is 0.457 e. The number of hydrogen-bond donors (Lipinski definition) is 1. The molecule has 2 aromatic carbocycles. The lowest BCUT2D eigenvalue weighted by atomic mass is 10.1. The molecule has 0 bridgehead atoms. The molecule has 35 heavy (non-hydrogen) atoms. The van der Waals surface area contributed by atoms with Crippen LogP contribution in [0.1, 0.15) is 22.6 Å². The minimum atomic E-state index is -5.28. The lowest BCUT2D eigenvalue weighted by Gasteiger charge is -2.13. The van der Waals surface area contributed by atoms with Crippen LogP contribution in [0.4, 0.5) is 32.2 Å². The number of nitrogen functional groups attached to an aromatic ring is 1. The SMILES string of the molecule is Cc1cc(C)cc(Oc2cc(Cl)c(-n3nc4nc(C(F)(F)F)nc(C(F)(F)F)c4c3N)c(Cl)c2)c1. The Morgan fingerprint density at radius 1 is 0.829 bits per heavy atom. The molecule has 2 heterocycles. The van der Waals surface area contributed by atoms with E-state index in [1.807, 2.05) is 19.9 Å². The molecule has 4 aromatic rings. The number of rotatable bonds is 3. The van der Waals surface area contributed by atoms with Crippen LogP contribution in [0.25, 0.3) is 16.7 Å². The first-order valence-corrected chi connectivity index (χ1v) is 10.4. The Kier molecular flexibility index (Phi) is 6.00. The Labute approximate surface area is 203 Å². The normalized spacial score (nSPS) is 12.4. The van der Waals surface area contributed by atoms with Crippen LogP contribution in [0, 0.1) is 13.8 Å². The van der Waals surface area contributed by atoms with E-state index in [1.54, 1.807) is 12.1 Å². The Balaban J connectivity index is 1.87. The number of anilines is 1. The van der Waals surface area contributed by atoms with Crippen molar-refractivity contribution in [3.05, 3.63) is 63.0 Å². The van der Waals surface area contributed by atoms with E-state index in [1.165, 1.54) is 12.1 Å². The second-order valence-electron chi connectivity index (χ2n) is 7.55. The highest BCUT2D eigenvalue weighted by atomic mass is 35.5. The summed E-state index contributed by atoms with van der Waals surface area (Å²) in [5.41, 5.74) is 4.72. The van der Waals surface area contributed by atoms with Gasteiger partial charge in [-0.05, 0) is 37.1 Å². The van der Waals surface area contributed by atoms with E-state index in [2.05, 4.69) is 15.1 Å². The minimum Gasteiger partial charge on any atom is -0.457 e. The summed E-state index contributed by atoms with van der Waals surface area (Å²) in [6, 6.07) is 8.07. The number of aromatic nitrogens is 4. The fraction of sp³-hybridized carbons (Fsp3) is 0.190. The minimum absolute atomic E-state index is 0.144. The van der Waals surface area contributed by atoms with Crippen molar-refractivity contribution in [2.45, 2.75) is 26.2 Å². The van der Waals surface area contributed by atoms with Gasteiger partial charge in [-0.1, -0.05) is 29.3 Å². The summed E-state index contributed by atoms with van der Waals surface area (Å²) in [6.45, 7) is 3.74. The number of alkyl halides is 6. The van der Waals surface area contributed by atoms with Gasteiger partial charge in [0.15, 0.2) is 11.3 Å². The highest BCUT2D eigenvalue weighted by molar-refractivity contribution is 6.38. The summed E-state index contributed by atoms with van der Waals surface area (Å²) in [7, 11) is 0. The molecule has 0 saturated heterocycles. The molecule has 4 rings (SSSR count). The predicted molar refractivity (Wildman–Crippen MR) is 117 cm³/mol. The summed E-state index contributed by atoms with van der Waals surface area (Å²) in [5, 5.41) is 2.51. The van der Waals surface area contributed by atoms with Crippen molar-refractivity contribution in [1.29, 1.82) is 0 Å². The number of nitrogens with two attached hydrogens (primary N) is 1. The van der Waals surface area contributed by atoms with Gasteiger partial charge in [-0.15, -0.1) is 5.10 Å². The summed E-state index contributed by atoms with van der Waals surface area (Å²) >= 11 is 12.6. The fourth-order valence-corrected chi connectivity index (χ4v) is 4.07. The van der Waals surface area contributed by atoms with E-state index < -0.39 is 40.7 Å². The number of aryl methyl sites for hydroxylation is 2. The maximum Gasteiger partial charge on any atom is 0.451 e. The van der Waals surface area contributed by atoms with E-state index in [4.69, 9.17) is 33.7 Å². The molecule has 0 unspecified atom stereocenters. The molecule has 0 atom stereocenters. The second kappa shape index (κ2) is 8.45. The van der Waals surface area contributed by atoms with Gasteiger partial charge >= 0.3 is 12.4 Å². The number of halogens is 8. The highest BCUT2D eigenvalue weighted by Gasteiger charge is 2.43. The summed E-state index contributed by atoms with van der Waals surface area (Å²) < 4.78 is 86.4. The Bertz CT molecular complexity index is 1420. The van der Waals surface area contributed by atoms with Crippen LogP contribution in [0.15, 0.2) is 30.3 Å². The summed E-state index contributed by atoms with van der Waals surface area (Å²) in [4.78, 5) is 5.77. The molecule has 0 amide bonds. The lowest BCUT2D eigenvalue weighted by Crippen LogP contribution is -2.17. The zero-order valence-electron chi connectivity index (χ0n) is 17.7. The van der Waals surface area contributed by atoms with Gasteiger partial charge in [-0.3, -0.25) is 0 Å². The van der Waals surface area contributed by atoms with Gasteiger partial charge in [-0.2, -0.15) is 26.3 Å². The monoisotopic (exact) mass is 535 g/mol. The number of ether oxygens (including phenoxy) is 1. The fourth-order valence-electron chi connectivity index (χ4n) is 3.45. The van der Waals surface area contributed by atoms with Gasteiger partial charge in [-0.25, -0.2) is 14.6 Å². The van der Waals surface area contributed by atoms with E-state index in [0.717, 1.165) is 11.1 Å². The number of nitrogens with zero attached hydrogens (tertiary/aromatic N) is 4. The average molecular weight is 536 g/mol. The third-order valence-corrected chi connectivity index (χ3v) is 5.30. The number of benzene rings is 2. The van der Waals surface area contributed by atoms with Crippen molar-refractivity contribution < 1.29 is 31.1 Å². The van der Waals surface area contributed by atoms with E-state index >= 15 is 0 Å². The zero-order chi connectivity index (χ0) is 25.9. The molecule has 0 radical (unpaired) electrons. The van der Waals surface area contributed by atoms with Crippen molar-refractivity contribution in [2.75, 3.05) is 5.73 Å². The van der Waals surface area contributed by atoms with Gasteiger partial charge < -0.3 is 10.5 Å². The molecule has 0 aliphatic heterocycles. The Morgan fingerprint density at radius 3 is 1.89 bits per heavy atom. The zero-order valence-corrected chi connectivity index (χ0v) is 19.2. The lowest BCUT2D eigenvalue weighted by molar-refractivity contribution is -0.151. The average Bonchev–Trinajstić information content (AvgIpc) is 3.01. The molecule has 184 valence electrons. The van der Waals surface area contributed by atoms with Gasteiger partial charge in [0.1, 0.15) is 23.0 Å². The first-order chi connectivity index (χ1) is 16.1. The highest BCUT2D eigenvalue weighted by Crippen LogP contribution is 2.41. The molecule has 0 saturated carbocycles. The van der Waals surface area contributed by atoms with Crippen LogP contribution in [-0.4, -0.2) is 19.7 Å². The third-order valence-electron chi connectivity index (χ3n) is 4.72. The van der Waals surface area contributed by atoms with Gasteiger partial charge in [0.25, 0.3) is 0 Å². The first-order valence-electron chi connectivity index (χ1n) is 9.61. The van der Waals surface area contributed by atoms with Crippen LogP contribution >= 0.6 is 23.2 Å². The third kappa shape index (κ3) is 4.80. The van der Waals surface area contributed by atoms with Crippen LogP contribution in [0.3, 0.4) is 0 Å². The molecule has 0 fully saturated rings. The van der Waals surface area contributed by atoms with Gasteiger partial charge in [0.2, 0.25) is 5.82 Å². The molecular formula is C21H13Cl2F6N5O. The maximum atomic E-state index is 13.5. The molecule has 0 aliphatic rings. The number of hydrogen-bond acceptors (Lipinski definition) is 5. The maximum absolute atomic E-state index is 13.5. The van der Waals surface area contributed by atoms with Crippen LogP contribution in [-0.2, 0) is 12.4 Å². The second-order valence-corrected chi connectivity index (χ2v) is 8.36. The molecular weight excluding hydrogens is 523 g/mol. The van der Waals surface area contributed by atoms with Crippen molar-refractivity contribution >= 4 is 40.1 Å². The van der Waals surface area contributed by atoms with Crippen LogP contribution in [0.5, 0.6) is 11.5 Å². The molecule has 0 spiro atoms. The van der Waals surface area contributed by atoms with Crippen molar-refractivity contribution in [1.82, 2.24) is 19.7 Å². The molecule has 6 nitrogen and oxygen atoms in total. The van der Waals surface area contributed by atoms with Crippen molar-refractivity contribution in [3.8, 4) is 17.2 Å². The first kappa shape index (κ1) is 24.9. The topological polar surface area (TPSA) is 78.8 Å². The summed E-state index contributed by atoms with van der Waals surface area (Å²) in [5.74, 6) is -2.04. The van der Waals surface area contributed by atoms with Crippen molar-refractivity contribution in [3.63, 3.8) is 0 Å². The quantitative estimate of drug-likeness (QED) is 0.282. The van der Waals surface area contributed by atoms with E-state index in [9.17, 15) is 26.3 Å². The standard InChI is InChI=1S/C21H13Cl2F6N5O/c1-8-3-9(2)5-10(4-8)35-11-6-12(22)15(13(23)7-11)34-17(30)14-16(20(24,25)26)31-19(21(27,28)29)32-18(14)33-34/h3-7H,30H2,1-2H3. The summed E-state index contributed by atoms with van der Waals surface area (Å²) in [6.07, 6.45) is -10.5. The van der Waals surface area contributed by atoms with Gasteiger partial charge in [0.05, 0.1) is 15.4 Å². The molecule has 14 heteroatoms. The predicted octanol–water partition coefficient (Wildman–Crippen LogP) is 7.15. The van der Waals surface area contributed by atoms with Crippen LogP contribution in [0.2, 0.25) is 10.0 Å². The Hall–Kier alpha value is -3.25. The Morgan fingerprint density at radius 2 is 1.37 bits per heavy atom. The van der Waals surface area contributed by atoms with Gasteiger partial charge in [0, 0.05) is 12.1 Å². The molecule has 2 N–H and O–H groups in total. The van der Waals surface area contributed by atoms with E-state index in [0.29, 0.717) is 10.4 Å². The van der Waals surface area contributed by atoms with Crippen molar-refractivity contribution in [2.24, 2.45) is 0 Å².